The van der Waals surface area contributed by atoms with Crippen molar-refractivity contribution in [3.8, 4) is 0 Å². The van der Waals surface area contributed by atoms with Gasteiger partial charge in [-0.05, 0) is 48.3 Å². The van der Waals surface area contributed by atoms with E-state index in [0.29, 0.717) is 5.41 Å². The molecule has 1 saturated carbocycles. The zero-order valence-corrected chi connectivity index (χ0v) is 15.0. The molecule has 0 spiro atoms. The highest BCUT2D eigenvalue weighted by molar-refractivity contribution is 6.30. The molecule has 2 nitrogen and oxygen atoms in total. The number of anilines is 1. The van der Waals surface area contributed by atoms with E-state index in [4.69, 9.17) is 11.6 Å². The Bertz CT molecular complexity index is 614. The highest BCUT2D eigenvalue weighted by Crippen LogP contribution is 2.59. The summed E-state index contributed by atoms with van der Waals surface area (Å²) in [5, 5.41) is 0.832. The molecule has 2 fully saturated rings. The molecule has 1 heterocycles. The minimum atomic E-state index is 0.548. The zero-order chi connectivity index (χ0) is 16.0. The fourth-order valence-electron chi connectivity index (χ4n) is 4.75. The van der Waals surface area contributed by atoms with Gasteiger partial charge in [-0.25, -0.2) is 0 Å². The Labute approximate surface area is 145 Å². The molecule has 23 heavy (non-hydrogen) atoms. The lowest BCUT2D eigenvalue weighted by Gasteiger charge is -2.57. The minimum Gasteiger partial charge on any atom is -0.369 e. The molecule has 1 saturated heterocycles. The number of piperazine rings is 1. The first-order valence-electron chi connectivity index (χ1n) is 8.96. The van der Waals surface area contributed by atoms with E-state index in [2.05, 4.69) is 41.9 Å². The Morgan fingerprint density at radius 2 is 1.96 bits per heavy atom. The summed E-state index contributed by atoms with van der Waals surface area (Å²) >= 11 is 6.12. The molecule has 2 bridgehead atoms. The van der Waals surface area contributed by atoms with Crippen molar-refractivity contribution in [2.24, 2.45) is 17.3 Å². The van der Waals surface area contributed by atoms with Crippen LogP contribution in [0.25, 0.3) is 0 Å². The molecule has 2 atom stereocenters. The van der Waals surface area contributed by atoms with Crippen LogP contribution in [0.2, 0.25) is 5.02 Å². The number of hydrogen-bond acceptors (Lipinski definition) is 2. The summed E-state index contributed by atoms with van der Waals surface area (Å²) in [6, 6.07) is 8.25. The molecule has 1 aromatic carbocycles. The van der Waals surface area contributed by atoms with E-state index < -0.39 is 0 Å². The van der Waals surface area contributed by atoms with Gasteiger partial charge in [0.05, 0.1) is 0 Å². The molecule has 0 radical (unpaired) electrons. The molecular weight excluding hydrogens is 304 g/mol. The summed E-state index contributed by atoms with van der Waals surface area (Å²) in [6.07, 6.45) is 5.29. The maximum Gasteiger partial charge on any atom is 0.0426 e. The fourth-order valence-corrected chi connectivity index (χ4v) is 4.94. The number of hydrogen-bond donors (Lipinski definition) is 0. The van der Waals surface area contributed by atoms with Crippen LogP contribution >= 0.6 is 11.6 Å². The third-order valence-electron chi connectivity index (χ3n) is 6.53. The predicted octanol–water partition coefficient (Wildman–Crippen LogP) is 4.45. The molecule has 0 aromatic heterocycles. The van der Waals surface area contributed by atoms with Crippen molar-refractivity contribution in [3.05, 3.63) is 40.9 Å². The van der Waals surface area contributed by atoms with Gasteiger partial charge in [0.1, 0.15) is 0 Å². The van der Waals surface area contributed by atoms with Gasteiger partial charge in [0.2, 0.25) is 0 Å². The first-order chi connectivity index (χ1) is 11.0. The van der Waals surface area contributed by atoms with E-state index in [0.717, 1.165) is 43.0 Å². The van der Waals surface area contributed by atoms with Crippen LogP contribution in [0, 0.1) is 17.3 Å². The quantitative estimate of drug-likeness (QED) is 0.755. The Balaban J connectivity index is 1.35. The fraction of sp³-hybridized carbons (Fsp3) is 0.600. The molecule has 1 aromatic rings. The highest BCUT2D eigenvalue weighted by Gasteiger charge is 2.51. The largest absolute Gasteiger partial charge is 0.369 e. The number of halogens is 1. The summed E-state index contributed by atoms with van der Waals surface area (Å²) < 4.78 is 0. The van der Waals surface area contributed by atoms with Crippen LogP contribution in [-0.2, 0) is 0 Å². The monoisotopic (exact) mass is 330 g/mol. The van der Waals surface area contributed by atoms with Gasteiger partial charge < -0.3 is 4.90 Å². The molecular formula is C20H27ClN2. The standard InChI is InChI=1S/C20H27ClN2/c1-20(2)16-7-6-15(19(20)12-16)14-22-8-10-23(11-9-22)18-5-3-4-17(21)13-18/h3-6,13,16,19H,7-12,14H2,1-2H3/t16-,19+/m0/s1. The van der Waals surface area contributed by atoms with Gasteiger partial charge in [-0.3, -0.25) is 4.90 Å². The van der Waals surface area contributed by atoms with Gasteiger partial charge in [-0.1, -0.05) is 43.2 Å². The predicted molar refractivity (Wildman–Crippen MR) is 98.2 cm³/mol. The second-order valence-electron chi connectivity index (χ2n) is 8.06. The molecule has 1 aliphatic heterocycles. The van der Waals surface area contributed by atoms with E-state index >= 15 is 0 Å². The van der Waals surface area contributed by atoms with Gasteiger partial charge in [0, 0.05) is 43.4 Å². The number of benzene rings is 1. The van der Waals surface area contributed by atoms with Crippen molar-refractivity contribution in [2.45, 2.75) is 26.7 Å². The second kappa shape index (κ2) is 5.82. The average molecular weight is 331 g/mol. The number of fused-ring (bicyclic) bond motifs is 1. The summed E-state index contributed by atoms with van der Waals surface area (Å²) in [6.45, 7) is 10.6. The molecule has 4 aliphatic rings. The molecule has 0 N–H and O–H groups in total. The summed E-state index contributed by atoms with van der Waals surface area (Å²) in [4.78, 5) is 5.10. The van der Waals surface area contributed by atoms with Gasteiger partial charge in [-0.2, -0.15) is 0 Å². The minimum absolute atomic E-state index is 0.548. The number of allylic oxidation sites excluding steroid dienone is 1. The first kappa shape index (κ1) is 15.5. The van der Waals surface area contributed by atoms with Crippen LogP contribution in [-0.4, -0.2) is 37.6 Å². The molecule has 0 unspecified atom stereocenters. The average Bonchev–Trinajstić information content (AvgIpc) is 2.55. The van der Waals surface area contributed by atoms with Crippen molar-refractivity contribution >= 4 is 17.3 Å². The van der Waals surface area contributed by atoms with Crippen LogP contribution < -0.4 is 4.90 Å². The molecule has 5 rings (SSSR count). The van der Waals surface area contributed by atoms with Crippen LogP contribution in [0.3, 0.4) is 0 Å². The van der Waals surface area contributed by atoms with Crippen molar-refractivity contribution in [1.82, 2.24) is 4.90 Å². The van der Waals surface area contributed by atoms with Crippen molar-refractivity contribution in [3.63, 3.8) is 0 Å². The van der Waals surface area contributed by atoms with Gasteiger partial charge >= 0.3 is 0 Å². The molecule has 124 valence electrons. The van der Waals surface area contributed by atoms with Crippen molar-refractivity contribution < 1.29 is 0 Å². The molecule has 3 aliphatic carbocycles. The molecule has 0 amide bonds. The lowest BCUT2D eigenvalue weighted by molar-refractivity contribution is -0.0107. The number of rotatable bonds is 3. The third-order valence-corrected chi connectivity index (χ3v) is 6.77. The number of nitrogens with zero attached hydrogens (tertiary/aromatic N) is 2. The maximum absolute atomic E-state index is 6.12. The van der Waals surface area contributed by atoms with E-state index in [1.807, 2.05) is 12.1 Å². The SMILES string of the molecule is CC1(C)[C@H]2CC=C(CN3CCN(c4cccc(Cl)c4)CC3)[C@H]1C2. The Morgan fingerprint density at radius 1 is 1.17 bits per heavy atom. The third kappa shape index (κ3) is 2.81. The van der Waals surface area contributed by atoms with Gasteiger partial charge in [0.15, 0.2) is 0 Å². The Kier molecular flexibility index (Phi) is 3.93. The van der Waals surface area contributed by atoms with Crippen LogP contribution in [0.5, 0.6) is 0 Å². The second-order valence-corrected chi connectivity index (χ2v) is 8.50. The van der Waals surface area contributed by atoms with Crippen LogP contribution in [0.15, 0.2) is 35.9 Å². The summed E-state index contributed by atoms with van der Waals surface area (Å²) in [5.41, 5.74) is 3.53. The Hall–Kier alpha value is -0.990. The highest BCUT2D eigenvalue weighted by atomic mass is 35.5. The Morgan fingerprint density at radius 3 is 2.61 bits per heavy atom. The molecule has 3 heteroatoms. The van der Waals surface area contributed by atoms with Crippen molar-refractivity contribution in [1.29, 1.82) is 0 Å². The summed E-state index contributed by atoms with van der Waals surface area (Å²) in [5.74, 6) is 1.78. The van der Waals surface area contributed by atoms with Crippen molar-refractivity contribution in [2.75, 3.05) is 37.6 Å². The smallest absolute Gasteiger partial charge is 0.0426 e. The first-order valence-corrected chi connectivity index (χ1v) is 9.33. The van der Waals surface area contributed by atoms with Crippen LogP contribution in [0.4, 0.5) is 5.69 Å². The van der Waals surface area contributed by atoms with Gasteiger partial charge in [0.25, 0.3) is 0 Å². The zero-order valence-electron chi connectivity index (χ0n) is 14.3. The van der Waals surface area contributed by atoms with E-state index in [1.165, 1.54) is 25.1 Å². The summed E-state index contributed by atoms with van der Waals surface area (Å²) in [7, 11) is 0. The van der Waals surface area contributed by atoms with E-state index in [1.54, 1.807) is 5.57 Å². The maximum atomic E-state index is 6.12. The lowest BCUT2D eigenvalue weighted by Crippen LogP contribution is -2.52. The van der Waals surface area contributed by atoms with E-state index in [-0.39, 0.29) is 0 Å². The normalized spacial score (nSPS) is 29.9. The van der Waals surface area contributed by atoms with E-state index in [9.17, 15) is 0 Å². The van der Waals surface area contributed by atoms with Crippen LogP contribution in [0.1, 0.15) is 26.7 Å². The lowest BCUT2D eigenvalue weighted by atomic mass is 9.49. The topological polar surface area (TPSA) is 6.48 Å². The van der Waals surface area contributed by atoms with Gasteiger partial charge in [-0.15, -0.1) is 0 Å².